The molecule has 0 saturated heterocycles. The lowest BCUT2D eigenvalue weighted by Crippen LogP contribution is -2.39. The van der Waals surface area contributed by atoms with Gasteiger partial charge >= 0.3 is 6.09 Å². The molecule has 1 aromatic rings. The van der Waals surface area contributed by atoms with Crippen molar-refractivity contribution in [1.82, 2.24) is 19.8 Å². The first-order valence-electron chi connectivity index (χ1n) is 10.4. The third-order valence-corrected chi connectivity index (χ3v) is 4.73. The Kier molecular flexibility index (Phi) is 14.3. The number of rotatable bonds is 8. The van der Waals surface area contributed by atoms with Crippen molar-refractivity contribution < 1.29 is 24.0 Å². The molecule has 0 aromatic carbocycles. The number of thiazole rings is 1. The van der Waals surface area contributed by atoms with Crippen LogP contribution in [0.15, 0.2) is 18.2 Å². The van der Waals surface area contributed by atoms with Crippen molar-refractivity contribution in [2.24, 2.45) is 5.73 Å². The summed E-state index contributed by atoms with van der Waals surface area (Å²) in [6.45, 7) is 15.1. The van der Waals surface area contributed by atoms with E-state index in [-0.39, 0.29) is 19.1 Å². The average molecular weight is 472 g/mol. The highest BCUT2D eigenvalue weighted by molar-refractivity contribution is 7.09. The molecule has 3 amide bonds. The van der Waals surface area contributed by atoms with Crippen molar-refractivity contribution in [3.63, 3.8) is 0 Å². The molecule has 1 aromatic heterocycles. The van der Waals surface area contributed by atoms with Crippen LogP contribution in [-0.4, -0.2) is 77.7 Å². The fraction of sp³-hybridized carbons (Fsp3) is 0.619. The van der Waals surface area contributed by atoms with Crippen LogP contribution < -0.4 is 5.73 Å². The van der Waals surface area contributed by atoms with Crippen LogP contribution in [0.5, 0.6) is 0 Å². The van der Waals surface area contributed by atoms with E-state index in [4.69, 9.17) is 15.3 Å². The van der Waals surface area contributed by atoms with E-state index in [1.165, 1.54) is 5.06 Å². The largest absolute Gasteiger partial charge is 0.443 e. The molecule has 182 valence electrons. The number of nitrogens with zero attached hydrogens (tertiary/aromatic N) is 4. The van der Waals surface area contributed by atoms with E-state index in [1.54, 1.807) is 38.2 Å². The van der Waals surface area contributed by atoms with Crippen molar-refractivity contribution in [3.05, 3.63) is 28.7 Å². The Balaban J connectivity index is 0.000000578. The zero-order valence-electron chi connectivity index (χ0n) is 19.9. The Morgan fingerprint density at radius 2 is 2.03 bits per heavy atom. The van der Waals surface area contributed by atoms with Gasteiger partial charge in [0.2, 0.25) is 12.8 Å². The summed E-state index contributed by atoms with van der Waals surface area (Å²) in [4.78, 5) is 46.5. The van der Waals surface area contributed by atoms with Crippen LogP contribution in [0.3, 0.4) is 0 Å². The summed E-state index contributed by atoms with van der Waals surface area (Å²) in [6, 6.07) is -0.0753. The molecule has 10 nitrogen and oxygen atoms in total. The minimum Gasteiger partial charge on any atom is -0.443 e. The van der Waals surface area contributed by atoms with E-state index < -0.39 is 11.7 Å². The first-order valence-corrected chi connectivity index (χ1v) is 11.3. The molecule has 2 heterocycles. The number of hydrogen-bond donors (Lipinski definition) is 1. The van der Waals surface area contributed by atoms with Crippen molar-refractivity contribution in [3.8, 4) is 0 Å². The molecule has 2 rings (SSSR count). The molecule has 0 aliphatic carbocycles. The van der Waals surface area contributed by atoms with Crippen molar-refractivity contribution in [2.45, 2.75) is 52.8 Å². The minimum atomic E-state index is -0.659. The molecular formula is C21H37N5O5S. The lowest BCUT2D eigenvalue weighted by molar-refractivity contribution is -0.185. The normalized spacial score (nSPS) is 15.0. The van der Waals surface area contributed by atoms with E-state index >= 15 is 0 Å². The number of aromatic nitrogens is 1. The van der Waals surface area contributed by atoms with E-state index in [0.717, 1.165) is 35.0 Å². The van der Waals surface area contributed by atoms with Gasteiger partial charge in [-0.05, 0) is 27.8 Å². The summed E-state index contributed by atoms with van der Waals surface area (Å²) in [6.07, 6.45) is 2.10. The molecule has 1 atom stereocenters. The van der Waals surface area contributed by atoms with Crippen LogP contribution in [0.1, 0.15) is 51.2 Å². The zero-order valence-corrected chi connectivity index (χ0v) is 20.8. The van der Waals surface area contributed by atoms with E-state index in [2.05, 4.69) is 16.5 Å². The third-order valence-electron chi connectivity index (χ3n) is 3.76. The molecule has 1 aliphatic heterocycles. The monoisotopic (exact) mass is 471 g/mol. The highest BCUT2D eigenvalue weighted by Crippen LogP contribution is 2.32. The number of ether oxygens (including phenoxy) is 1. The van der Waals surface area contributed by atoms with Gasteiger partial charge < -0.3 is 10.5 Å². The Hall–Kier alpha value is -2.34. The second-order valence-corrected chi connectivity index (χ2v) is 8.38. The van der Waals surface area contributed by atoms with Crippen LogP contribution in [-0.2, 0) is 25.7 Å². The molecule has 1 aliphatic rings. The Labute approximate surface area is 194 Å². The molecule has 32 heavy (non-hydrogen) atoms. The number of hydrogen-bond acceptors (Lipinski definition) is 9. The number of carbonyl (C=O) groups is 3. The number of nitrogens with two attached hydrogens (primary N) is 1. The number of amides is 3. The number of likely N-dealkylation sites (N-methyl/N-ethyl adjacent to an activating group) is 1. The molecule has 0 radical (unpaired) electrons. The smallest absolute Gasteiger partial charge is 0.416 e. The first-order chi connectivity index (χ1) is 15.2. The first kappa shape index (κ1) is 29.7. The summed E-state index contributed by atoms with van der Waals surface area (Å²) in [5.74, 6) is 0. The predicted molar refractivity (Wildman–Crippen MR) is 125 cm³/mol. The van der Waals surface area contributed by atoms with Gasteiger partial charge in [0.1, 0.15) is 11.6 Å². The lowest BCUT2D eigenvalue weighted by atomic mass is 10.1. The molecule has 0 saturated carbocycles. The molecule has 0 fully saturated rings. The number of carbonyl (C=O) groups excluding carboxylic acids is 3. The SMILES string of the molecule is C=CCON(C=O)[C@H]1CN(C)Cc2ncsc21.CC.CC(C)(C)OC(=O)N(C=O)CCN. The average Bonchev–Trinajstić information content (AvgIpc) is 3.21. The second kappa shape index (κ2) is 15.5. The van der Waals surface area contributed by atoms with Crippen LogP contribution in [0.25, 0.3) is 0 Å². The predicted octanol–water partition coefficient (Wildman–Crippen LogP) is 2.57. The number of fused-ring (bicyclic) bond motifs is 1. The van der Waals surface area contributed by atoms with Gasteiger partial charge in [0.15, 0.2) is 0 Å². The lowest BCUT2D eigenvalue weighted by Gasteiger charge is -2.33. The molecule has 0 spiro atoms. The maximum absolute atomic E-state index is 11.2. The summed E-state index contributed by atoms with van der Waals surface area (Å²) in [5, 5.41) is 1.36. The topological polar surface area (TPSA) is 118 Å². The van der Waals surface area contributed by atoms with Crippen LogP contribution >= 0.6 is 11.3 Å². The van der Waals surface area contributed by atoms with Gasteiger partial charge in [-0.2, -0.15) is 0 Å². The zero-order chi connectivity index (χ0) is 24.7. The summed E-state index contributed by atoms with van der Waals surface area (Å²) in [5.41, 5.74) is 7.45. The van der Waals surface area contributed by atoms with Crippen molar-refractivity contribution in [2.75, 3.05) is 33.3 Å². The molecular weight excluding hydrogens is 434 g/mol. The van der Waals surface area contributed by atoms with Gasteiger partial charge in [0.05, 0.1) is 22.7 Å². The highest BCUT2D eigenvalue weighted by Gasteiger charge is 2.30. The highest BCUT2D eigenvalue weighted by atomic mass is 32.1. The van der Waals surface area contributed by atoms with Crippen molar-refractivity contribution in [1.29, 1.82) is 0 Å². The maximum atomic E-state index is 11.2. The van der Waals surface area contributed by atoms with Gasteiger partial charge in [0.25, 0.3) is 0 Å². The summed E-state index contributed by atoms with van der Waals surface area (Å²) < 4.78 is 4.94. The van der Waals surface area contributed by atoms with Gasteiger partial charge in [0, 0.05) is 26.2 Å². The Bertz CT molecular complexity index is 707. The molecule has 0 unspecified atom stereocenters. The minimum absolute atomic E-state index is 0.0753. The molecule has 11 heteroatoms. The second-order valence-electron chi connectivity index (χ2n) is 7.49. The van der Waals surface area contributed by atoms with Crippen molar-refractivity contribution >= 4 is 30.3 Å². The van der Waals surface area contributed by atoms with E-state index in [9.17, 15) is 14.4 Å². The standard InChI is InChI=1S/C11H15N3O2S.C8H16N2O3.C2H6/c1-3-4-16-14(8-15)10-6-13(2)5-9-11(10)17-7-12-9;1-8(2,3)13-7(12)10(6-11)5-4-9;1-2/h3,7-8,10H,1,4-6H2,2H3;6H,4-5,9H2,1-3H3;1-2H3/t10-;;/m0../s1. The Morgan fingerprint density at radius 3 is 2.53 bits per heavy atom. The van der Waals surface area contributed by atoms with Crippen LogP contribution in [0.4, 0.5) is 4.79 Å². The maximum Gasteiger partial charge on any atom is 0.416 e. The summed E-state index contributed by atoms with van der Waals surface area (Å²) in [7, 11) is 2.01. The van der Waals surface area contributed by atoms with Crippen LogP contribution in [0.2, 0.25) is 0 Å². The quantitative estimate of drug-likeness (QED) is 0.349. The Morgan fingerprint density at radius 1 is 1.38 bits per heavy atom. The van der Waals surface area contributed by atoms with Gasteiger partial charge in [-0.1, -0.05) is 19.9 Å². The van der Waals surface area contributed by atoms with E-state index in [1.807, 2.05) is 26.4 Å². The summed E-state index contributed by atoms with van der Waals surface area (Å²) >= 11 is 1.57. The van der Waals surface area contributed by atoms with Gasteiger partial charge in [-0.3, -0.25) is 19.3 Å². The fourth-order valence-corrected chi connectivity index (χ4v) is 3.42. The molecule has 2 N–H and O–H groups in total. The third kappa shape index (κ3) is 10.3. The van der Waals surface area contributed by atoms with Gasteiger partial charge in [-0.15, -0.1) is 17.9 Å². The van der Waals surface area contributed by atoms with Gasteiger partial charge in [-0.25, -0.2) is 19.7 Å². The van der Waals surface area contributed by atoms with E-state index in [0.29, 0.717) is 13.0 Å². The molecule has 0 bridgehead atoms. The number of hydroxylamine groups is 2. The fourth-order valence-electron chi connectivity index (χ4n) is 2.54. The number of imide groups is 1. The van der Waals surface area contributed by atoms with Crippen LogP contribution in [0, 0.1) is 0 Å².